The molecular weight excluding hydrogens is 292 g/mol. The van der Waals surface area contributed by atoms with Gasteiger partial charge in [0.2, 0.25) is 5.91 Å². The van der Waals surface area contributed by atoms with Crippen molar-refractivity contribution in [3.63, 3.8) is 0 Å². The smallest absolute Gasteiger partial charge is 0.265 e. The molecule has 1 aromatic rings. The van der Waals surface area contributed by atoms with Gasteiger partial charge in [0.05, 0.1) is 11.7 Å². The number of nitrogens with one attached hydrogen (secondary N) is 2. The minimum Gasteiger partial charge on any atom is -0.478 e. The molecule has 0 saturated heterocycles. The second-order valence-corrected chi connectivity index (χ2v) is 5.76. The van der Waals surface area contributed by atoms with Crippen molar-refractivity contribution in [1.29, 1.82) is 0 Å². The second kappa shape index (κ2) is 6.35. The van der Waals surface area contributed by atoms with Crippen LogP contribution in [0.2, 0.25) is 0 Å². The molecule has 3 unspecified atom stereocenters. The number of halogens is 1. The molecule has 2 rings (SSSR count). The number of anilines is 1. The minimum absolute atomic E-state index is 0.130. The van der Waals surface area contributed by atoms with Gasteiger partial charge in [-0.25, -0.2) is 0 Å². The molecule has 6 heteroatoms. The molecule has 21 heavy (non-hydrogen) atoms. The first-order valence-corrected chi connectivity index (χ1v) is 7.42. The predicted molar refractivity (Wildman–Crippen MR) is 81.7 cm³/mol. The molecule has 0 saturated carbocycles. The number of fused-ring (bicyclic) bond motifs is 1. The Hall–Kier alpha value is -1.75. The first kappa shape index (κ1) is 15.6. The van der Waals surface area contributed by atoms with Crippen LogP contribution < -0.4 is 15.4 Å². The van der Waals surface area contributed by atoms with Crippen molar-refractivity contribution in [2.45, 2.75) is 44.7 Å². The molecule has 0 bridgehead atoms. The lowest BCUT2D eigenvalue weighted by atomic mass is 10.1. The standard InChI is InChI=1S/C15H19ClN2O3/c1-4-12-15(20)18-11-6-5-10(7-13(11)21-12)9(3)17-14(19)8(2)16/h5-9,12H,4H2,1-3H3,(H,17,19)(H,18,20). The molecule has 2 amide bonds. The summed E-state index contributed by atoms with van der Waals surface area (Å²) in [6, 6.07) is 5.27. The van der Waals surface area contributed by atoms with Crippen molar-refractivity contribution in [1.82, 2.24) is 5.32 Å². The molecule has 1 aromatic carbocycles. The lowest BCUT2D eigenvalue weighted by Crippen LogP contribution is -2.36. The van der Waals surface area contributed by atoms with Gasteiger partial charge in [0.25, 0.3) is 5.91 Å². The normalized spacial score (nSPS) is 19.8. The molecule has 2 N–H and O–H groups in total. The molecule has 0 spiro atoms. The third-order valence-electron chi connectivity index (χ3n) is 3.42. The highest BCUT2D eigenvalue weighted by atomic mass is 35.5. The van der Waals surface area contributed by atoms with Gasteiger partial charge in [-0.15, -0.1) is 11.6 Å². The van der Waals surface area contributed by atoms with E-state index >= 15 is 0 Å². The Morgan fingerprint density at radius 2 is 2.19 bits per heavy atom. The van der Waals surface area contributed by atoms with Gasteiger partial charge >= 0.3 is 0 Å². The van der Waals surface area contributed by atoms with E-state index in [4.69, 9.17) is 16.3 Å². The lowest BCUT2D eigenvalue weighted by molar-refractivity contribution is -0.123. The van der Waals surface area contributed by atoms with Crippen molar-refractivity contribution in [2.24, 2.45) is 0 Å². The molecule has 0 aromatic heterocycles. The fraction of sp³-hybridized carbons (Fsp3) is 0.467. The number of amides is 2. The minimum atomic E-state index is -0.579. The summed E-state index contributed by atoms with van der Waals surface area (Å²) in [5, 5.41) is 5.06. The maximum Gasteiger partial charge on any atom is 0.265 e. The molecular formula is C15H19ClN2O3. The fourth-order valence-electron chi connectivity index (χ4n) is 2.11. The van der Waals surface area contributed by atoms with E-state index in [0.29, 0.717) is 17.9 Å². The third kappa shape index (κ3) is 3.47. The Balaban J connectivity index is 2.17. The highest BCUT2D eigenvalue weighted by Gasteiger charge is 2.26. The molecule has 1 aliphatic rings. The summed E-state index contributed by atoms with van der Waals surface area (Å²) >= 11 is 5.74. The van der Waals surface area contributed by atoms with E-state index in [2.05, 4.69) is 10.6 Å². The van der Waals surface area contributed by atoms with Crippen LogP contribution >= 0.6 is 11.6 Å². The van der Waals surface area contributed by atoms with Gasteiger partial charge in [0, 0.05) is 0 Å². The van der Waals surface area contributed by atoms with Gasteiger partial charge in [-0.3, -0.25) is 9.59 Å². The van der Waals surface area contributed by atoms with Crippen molar-refractivity contribution in [3.05, 3.63) is 23.8 Å². The second-order valence-electron chi connectivity index (χ2n) is 5.11. The van der Waals surface area contributed by atoms with E-state index in [-0.39, 0.29) is 17.9 Å². The number of rotatable bonds is 4. The molecule has 0 aliphatic carbocycles. The summed E-state index contributed by atoms with van der Waals surface area (Å²) in [4.78, 5) is 23.3. The molecule has 1 heterocycles. The van der Waals surface area contributed by atoms with E-state index in [9.17, 15) is 9.59 Å². The number of alkyl halides is 1. The molecule has 0 radical (unpaired) electrons. The Morgan fingerprint density at radius 3 is 2.81 bits per heavy atom. The average Bonchev–Trinajstić information content (AvgIpc) is 2.45. The SMILES string of the molecule is CCC1Oc2cc(C(C)NC(=O)C(C)Cl)ccc2NC1=O. The summed E-state index contributed by atoms with van der Waals surface area (Å²) in [7, 11) is 0. The average molecular weight is 311 g/mol. The molecule has 1 aliphatic heterocycles. The first-order chi connectivity index (χ1) is 9.92. The topological polar surface area (TPSA) is 67.4 Å². The third-order valence-corrected chi connectivity index (χ3v) is 3.61. The Kier molecular flexibility index (Phi) is 4.73. The number of carbonyl (C=O) groups excluding carboxylic acids is 2. The quantitative estimate of drug-likeness (QED) is 0.840. The van der Waals surface area contributed by atoms with Gasteiger partial charge in [0.15, 0.2) is 6.10 Å². The molecule has 0 fully saturated rings. The van der Waals surface area contributed by atoms with Crippen molar-refractivity contribution < 1.29 is 14.3 Å². The van der Waals surface area contributed by atoms with Crippen LogP contribution in [0.25, 0.3) is 0 Å². The molecule has 114 valence electrons. The van der Waals surface area contributed by atoms with Crippen molar-refractivity contribution in [3.8, 4) is 5.75 Å². The summed E-state index contributed by atoms with van der Waals surface area (Å²) in [6.07, 6.45) is 0.131. The fourth-order valence-corrected chi connectivity index (χ4v) is 2.17. The van der Waals surface area contributed by atoms with Gasteiger partial charge < -0.3 is 15.4 Å². The van der Waals surface area contributed by atoms with Crippen LogP contribution in [0.15, 0.2) is 18.2 Å². The van der Waals surface area contributed by atoms with E-state index in [1.54, 1.807) is 13.0 Å². The zero-order valence-electron chi connectivity index (χ0n) is 12.3. The monoisotopic (exact) mass is 310 g/mol. The number of ether oxygens (including phenoxy) is 1. The largest absolute Gasteiger partial charge is 0.478 e. The van der Waals surface area contributed by atoms with Gasteiger partial charge in [0.1, 0.15) is 11.1 Å². The summed E-state index contributed by atoms with van der Waals surface area (Å²) in [6.45, 7) is 5.39. The summed E-state index contributed by atoms with van der Waals surface area (Å²) in [5.74, 6) is 0.275. The number of carbonyl (C=O) groups is 2. The highest BCUT2D eigenvalue weighted by Crippen LogP contribution is 2.32. The Bertz CT molecular complexity index is 560. The van der Waals surface area contributed by atoms with Crippen LogP contribution in [0.1, 0.15) is 38.8 Å². The zero-order chi connectivity index (χ0) is 15.6. The molecule has 3 atom stereocenters. The molecule has 5 nitrogen and oxygen atoms in total. The van der Waals surface area contributed by atoms with Crippen LogP contribution in [0, 0.1) is 0 Å². The van der Waals surface area contributed by atoms with E-state index in [0.717, 1.165) is 5.56 Å². The van der Waals surface area contributed by atoms with E-state index < -0.39 is 11.5 Å². The van der Waals surface area contributed by atoms with Crippen molar-refractivity contribution >= 4 is 29.1 Å². The van der Waals surface area contributed by atoms with Crippen LogP contribution in [-0.2, 0) is 9.59 Å². The zero-order valence-corrected chi connectivity index (χ0v) is 13.0. The summed E-state index contributed by atoms with van der Waals surface area (Å²) in [5.41, 5.74) is 1.54. The highest BCUT2D eigenvalue weighted by molar-refractivity contribution is 6.30. The maximum absolute atomic E-state index is 11.7. The van der Waals surface area contributed by atoms with Crippen molar-refractivity contribution in [2.75, 3.05) is 5.32 Å². The number of hydrogen-bond donors (Lipinski definition) is 2. The lowest BCUT2D eigenvalue weighted by Gasteiger charge is -2.26. The van der Waals surface area contributed by atoms with Gasteiger partial charge in [-0.05, 0) is 38.0 Å². The van der Waals surface area contributed by atoms with Gasteiger partial charge in [-0.1, -0.05) is 13.0 Å². The van der Waals surface area contributed by atoms with Crippen LogP contribution in [-0.4, -0.2) is 23.3 Å². The van der Waals surface area contributed by atoms with E-state index in [1.807, 2.05) is 26.0 Å². The number of hydrogen-bond acceptors (Lipinski definition) is 3. The van der Waals surface area contributed by atoms with Crippen LogP contribution in [0.3, 0.4) is 0 Å². The van der Waals surface area contributed by atoms with Crippen LogP contribution in [0.4, 0.5) is 5.69 Å². The predicted octanol–water partition coefficient (Wildman–Crippen LogP) is 2.60. The first-order valence-electron chi connectivity index (χ1n) is 6.98. The van der Waals surface area contributed by atoms with Crippen LogP contribution in [0.5, 0.6) is 5.75 Å². The number of benzene rings is 1. The summed E-state index contributed by atoms with van der Waals surface area (Å²) < 4.78 is 5.69. The maximum atomic E-state index is 11.7. The Labute approximate surface area is 129 Å². The van der Waals surface area contributed by atoms with E-state index in [1.165, 1.54) is 0 Å². The Morgan fingerprint density at radius 1 is 1.48 bits per heavy atom. The van der Waals surface area contributed by atoms with Gasteiger partial charge in [-0.2, -0.15) is 0 Å².